The fourth-order valence-corrected chi connectivity index (χ4v) is 1.86. The molecule has 0 aromatic heterocycles. The van der Waals surface area contributed by atoms with Crippen LogP contribution in [0.15, 0.2) is 24.3 Å². The van der Waals surface area contributed by atoms with Gasteiger partial charge in [-0.3, -0.25) is 9.69 Å². The van der Waals surface area contributed by atoms with Crippen LogP contribution in [0.4, 0.5) is 4.39 Å². The molecule has 0 amide bonds. The van der Waals surface area contributed by atoms with Crippen molar-refractivity contribution in [2.24, 2.45) is 0 Å². The van der Waals surface area contributed by atoms with E-state index < -0.39 is 0 Å². The first-order valence-electron chi connectivity index (χ1n) is 6.50. The first kappa shape index (κ1) is 16.3. The molecule has 0 fully saturated rings. The van der Waals surface area contributed by atoms with E-state index in [9.17, 15) is 9.18 Å². The fraction of sp³-hybridized carbons (Fsp3) is 0.467. The van der Waals surface area contributed by atoms with Crippen molar-refractivity contribution in [3.05, 3.63) is 35.6 Å². The van der Waals surface area contributed by atoms with Gasteiger partial charge in [-0.25, -0.2) is 4.39 Å². The molecule has 20 heavy (non-hydrogen) atoms. The van der Waals surface area contributed by atoms with Gasteiger partial charge < -0.3 is 4.74 Å². The molecule has 0 heterocycles. The standard InChI is InChI=1S/C15H19FN2O2/c1-20-10-9-18(8-4-7-17)12-14(19)11-13-5-2-3-6-15(13)16/h2-3,5-6H,4,8-12H2,1H3. The quantitative estimate of drug-likeness (QED) is 0.691. The molecule has 1 aromatic rings. The van der Waals surface area contributed by atoms with Gasteiger partial charge in [-0.1, -0.05) is 18.2 Å². The van der Waals surface area contributed by atoms with Gasteiger partial charge in [0.15, 0.2) is 5.78 Å². The summed E-state index contributed by atoms with van der Waals surface area (Å²) in [4.78, 5) is 13.8. The summed E-state index contributed by atoms with van der Waals surface area (Å²) in [6.07, 6.45) is 0.430. The van der Waals surface area contributed by atoms with Gasteiger partial charge in [0.1, 0.15) is 5.82 Å². The highest BCUT2D eigenvalue weighted by Crippen LogP contribution is 2.08. The van der Waals surface area contributed by atoms with Gasteiger partial charge in [0.05, 0.1) is 19.2 Å². The number of benzene rings is 1. The summed E-state index contributed by atoms with van der Waals surface area (Å²) >= 11 is 0. The molecule has 0 unspecified atom stereocenters. The molecule has 1 aromatic carbocycles. The van der Waals surface area contributed by atoms with E-state index in [0.29, 0.717) is 31.7 Å². The van der Waals surface area contributed by atoms with Crippen LogP contribution in [0.5, 0.6) is 0 Å². The number of halogens is 1. The predicted molar refractivity (Wildman–Crippen MR) is 73.7 cm³/mol. The van der Waals surface area contributed by atoms with Gasteiger partial charge in [0.2, 0.25) is 0 Å². The minimum absolute atomic E-state index is 0.0656. The third kappa shape index (κ3) is 5.91. The summed E-state index contributed by atoms with van der Waals surface area (Å²) in [5, 5.41) is 8.60. The van der Waals surface area contributed by atoms with E-state index in [0.717, 1.165) is 0 Å². The lowest BCUT2D eigenvalue weighted by Crippen LogP contribution is -2.34. The van der Waals surface area contributed by atoms with Gasteiger partial charge in [-0.05, 0) is 11.6 Å². The third-order valence-corrected chi connectivity index (χ3v) is 2.90. The zero-order chi connectivity index (χ0) is 14.8. The Morgan fingerprint density at radius 1 is 1.40 bits per heavy atom. The van der Waals surface area contributed by atoms with E-state index >= 15 is 0 Å². The van der Waals surface area contributed by atoms with E-state index in [1.54, 1.807) is 25.3 Å². The maximum Gasteiger partial charge on any atom is 0.151 e. The molecule has 0 saturated heterocycles. The van der Waals surface area contributed by atoms with E-state index in [1.165, 1.54) is 6.07 Å². The normalized spacial score (nSPS) is 10.5. The van der Waals surface area contributed by atoms with E-state index in [-0.39, 0.29) is 24.6 Å². The number of carbonyl (C=O) groups is 1. The lowest BCUT2D eigenvalue weighted by Gasteiger charge is -2.19. The highest BCUT2D eigenvalue weighted by Gasteiger charge is 2.12. The number of carbonyl (C=O) groups excluding carboxylic acids is 1. The molecular weight excluding hydrogens is 259 g/mol. The topological polar surface area (TPSA) is 53.3 Å². The number of Topliss-reactive ketones (excluding diaryl/α,β-unsaturated/α-hetero) is 1. The summed E-state index contributed by atoms with van der Waals surface area (Å²) in [5.41, 5.74) is 0.407. The average Bonchev–Trinajstić information content (AvgIpc) is 2.44. The molecule has 0 N–H and O–H groups in total. The van der Waals surface area contributed by atoms with Crippen LogP contribution < -0.4 is 0 Å². The molecule has 0 spiro atoms. The van der Waals surface area contributed by atoms with Gasteiger partial charge in [-0.15, -0.1) is 0 Å². The maximum atomic E-state index is 13.5. The van der Waals surface area contributed by atoms with Crippen LogP contribution in [0.3, 0.4) is 0 Å². The first-order chi connectivity index (χ1) is 9.67. The summed E-state index contributed by atoms with van der Waals surface area (Å²) in [5.74, 6) is -0.426. The molecule has 4 nitrogen and oxygen atoms in total. The number of ether oxygens (including phenoxy) is 1. The second-order valence-corrected chi connectivity index (χ2v) is 4.48. The maximum absolute atomic E-state index is 13.5. The Bertz CT molecular complexity index is 471. The molecule has 5 heteroatoms. The SMILES string of the molecule is COCCN(CCC#N)CC(=O)Cc1ccccc1F. The van der Waals surface area contributed by atoms with Crippen LogP contribution in [-0.2, 0) is 16.0 Å². The molecule has 0 aliphatic carbocycles. The number of hydrogen-bond acceptors (Lipinski definition) is 4. The number of nitrogens with zero attached hydrogens (tertiary/aromatic N) is 2. The smallest absolute Gasteiger partial charge is 0.151 e. The van der Waals surface area contributed by atoms with Gasteiger partial charge in [-0.2, -0.15) is 5.26 Å². The second-order valence-electron chi connectivity index (χ2n) is 4.48. The fourth-order valence-electron chi connectivity index (χ4n) is 1.86. The molecular formula is C15H19FN2O2. The van der Waals surface area contributed by atoms with Crippen molar-refractivity contribution in [3.8, 4) is 6.07 Å². The molecule has 0 atom stereocenters. The number of methoxy groups -OCH3 is 1. The minimum atomic E-state index is -0.360. The van der Waals surface area contributed by atoms with Gasteiger partial charge >= 0.3 is 0 Å². The van der Waals surface area contributed by atoms with Crippen molar-refractivity contribution in [2.75, 3.05) is 33.4 Å². The first-order valence-corrected chi connectivity index (χ1v) is 6.50. The van der Waals surface area contributed by atoms with Crippen molar-refractivity contribution >= 4 is 5.78 Å². The summed E-state index contributed by atoms with van der Waals surface area (Å²) < 4.78 is 18.4. The largest absolute Gasteiger partial charge is 0.383 e. The predicted octanol–water partition coefficient (Wildman–Crippen LogP) is 1.80. The number of nitriles is 1. The Hall–Kier alpha value is -1.77. The Morgan fingerprint density at radius 3 is 2.80 bits per heavy atom. The Morgan fingerprint density at radius 2 is 2.15 bits per heavy atom. The van der Waals surface area contributed by atoms with E-state index in [4.69, 9.17) is 10.00 Å². The van der Waals surface area contributed by atoms with Gasteiger partial charge in [0.25, 0.3) is 0 Å². The van der Waals surface area contributed by atoms with Crippen molar-refractivity contribution in [1.29, 1.82) is 5.26 Å². The van der Waals surface area contributed by atoms with Crippen molar-refractivity contribution in [1.82, 2.24) is 4.90 Å². The van der Waals surface area contributed by atoms with E-state index in [1.807, 2.05) is 4.90 Å². The van der Waals surface area contributed by atoms with Crippen molar-refractivity contribution in [3.63, 3.8) is 0 Å². The second kappa shape index (κ2) is 9.18. The van der Waals surface area contributed by atoms with E-state index in [2.05, 4.69) is 6.07 Å². The lowest BCUT2D eigenvalue weighted by molar-refractivity contribution is -0.119. The molecule has 0 aliphatic rings. The van der Waals surface area contributed by atoms with Crippen LogP contribution in [-0.4, -0.2) is 44.0 Å². The lowest BCUT2D eigenvalue weighted by atomic mass is 10.1. The Kier molecular flexibility index (Phi) is 7.48. The zero-order valence-corrected chi connectivity index (χ0v) is 11.6. The molecule has 0 radical (unpaired) electrons. The number of ketones is 1. The summed E-state index contributed by atoms with van der Waals surface area (Å²) in [7, 11) is 1.59. The van der Waals surface area contributed by atoms with Crippen LogP contribution in [0.25, 0.3) is 0 Å². The average molecular weight is 278 g/mol. The minimum Gasteiger partial charge on any atom is -0.383 e. The molecule has 1 rings (SSSR count). The Labute approximate surface area is 118 Å². The monoisotopic (exact) mass is 278 g/mol. The van der Waals surface area contributed by atoms with Crippen LogP contribution in [0.2, 0.25) is 0 Å². The molecule has 108 valence electrons. The van der Waals surface area contributed by atoms with Crippen LogP contribution in [0, 0.1) is 17.1 Å². The molecule has 0 aliphatic heterocycles. The highest BCUT2D eigenvalue weighted by atomic mass is 19.1. The van der Waals surface area contributed by atoms with Crippen LogP contribution in [0.1, 0.15) is 12.0 Å². The zero-order valence-electron chi connectivity index (χ0n) is 11.6. The molecule has 0 bridgehead atoms. The van der Waals surface area contributed by atoms with Gasteiger partial charge in [0, 0.05) is 33.0 Å². The number of rotatable bonds is 9. The third-order valence-electron chi connectivity index (χ3n) is 2.90. The summed E-state index contributed by atoms with van der Waals surface area (Å²) in [6, 6.07) is 8.32. The van der Waals surface area contributed by atoms with Crippen LogP contribution >= 0.6 is 0 Å². The van der Waals surface area contributed by atoms with Crippen molar-refractivity contribution in [2.45, 2.75) is 12.8 Å². The summed E-state index contributed by atoms with van der Waals surface area (Å²) in [6.45, 7) is 1.81. The highest BCUT2D eigenvalue weighted by molar-refractivity contribution is 5.82. The number of hydrogen-bond donors (Lipinski definition) is 0. The Balaban J connectivity index is 2.52. The van der Waals surface area contributed by atoms with Crippen molar-refractivity contribution < 1.29 is 13.9 Å². The molecule has 0 saturated carbocycles.